The van der Waals surface area contributed by atoms with E-state index in [4.69, 9.17) is 4.74 Å². The molecule has 1 aromatic carbocycles. The summed E-state index contributed by atoms with van der Waals surface area (Å²) in [5.41, 5.74) is -0.453. The molecule has 0 radical (unpaired) electrons. The standard InChI is InChI=1S/C11H15FN2O4/c1-2-13-6-9(15)7-18-11-4-3-8(12)5-10(11)14(16)17/h3-5,9,13,15H,2,6-7H2,1H3. The first-order chi connectivity index (χ1) is 8.54. The molecule has 0 aliphatic heterocycles. The van der Waals surface area contributed by atoms with Gasteiger partial charge in [0.05, 0.1) is 11.0 Å². The van der Waals surface area contributed by atoms with Gasteiger partial charge < -0.3 is 15.2 Å². The highest BCUT2D eigenvalue weighted by atomic mass is 19.1. The fourth-order valence-electron chi connectivity index (χ4n) is 1.31. The molecule has 100 valence electrons. The number of nitrogens with one attached hydrogen (secondary N) is 1. The van der Waals surface area contributed by atoms with Gasteiger partial charge in [-0.1, -0.05) is 6.92 Å². The van der Waals surface area contributed by atoms with Gasteiger partial charge >= 0.3 is 5.69 Å². The molecule has 0 saturated heterocycles. The number of nitro groups is 1. The Hall–Kier alpha value is -1.73. The minimum absolute atomic E-state index is 0.0584. The van der Waals surface area contributed by atoms with Gasteiger partial charge in [-0.25, -0.2) is 4.39 Å². The molecule has 6 nitrogen and oxygen atoms in total. The van der Waals surface area contributed by atoms with Crippen molar-refractivity contribution in [2.24, 2.45) is 0 Å². The first-order valence-electron chi connectivity index (χ1n) is 5.50. The Morgan fingerprint density at radius 2 is 2.33 bits per heavy atom. The zero-order valence-corrected chi connectivity index (χ0v) is 9.93. The van der Waals surface area contributed by atoms with E-state index in [0.29, 0.717) is 13.1 Å². The Morgan fingerprint density at radius 1 is 1.61 bits per heavy atom. The van der Waals surface area contributed by atoms with E-state index in [-0.39, 0.29) is 12.4 Å². The maximum absolute atomic E-state index is 12.9. The monoisotopic (exact) mass is 258 g/mol. The summed E-state index contributed by atoms with van der Waals surface area (Å²) in [4.78, 5) is 9.95. The molecule has 0 aromatic heterocycles. The predicted octanol–water partition coefficient (Wildman–Crippen LogP) is 1.08. The molecule has 1 unspecified atom stereocenters. The second kappa shape index (κ2) is 6.87. The van der Waals surface area contributed by atoms with Crippen molar-refractivity contribution in [1.29, 1.82) is 0 Å². The topological polar surface area (TPSA) is 84.6 Å². The molecule has 1 rings (SSSR count). The number of rotatable bonds is 7. The van der Waals surface area contributed by atoms with Gasteiger partial charge in [0, 0.05) is 6.54 Å². The molecule has 2 N–H and O–H groups in total. The number of nitrogens with zero attached hydrogens (tertiary/aromatic N) is 1. The number of ether oxygens (including phenoxy) is 1. The van der Waals surface area contributed by atoms with Gasteiger partial charge in [0.2, 0.25) is 0 Å². The minimum Gasteiger partial charge on any atom is -0.484 e. The Morgan fingerprint density at radius 3 is 2.94 bits per heavy atom. The fourth-order valence-corrected chi connectivity index (χ4v) is 1.31. The molecule has 1 aromatic rings. The molecule has 0 heterocycles. The average Bonchev–Trinajstić information content (AvgIpc) is 2.34. The minimum atomic E-state index is -0.783. The molecule has 0 spiro atoms. The van der Waals surface area contributed by atoms with Crippen LogP contribution in [0.25, 0.3) is 0 Å². The molecule has 18 heavy (non-hydrogen) atoms. The molecule has 0 bridgehead atoms. The largest absolute Gasteiger partial charge is 0.484 e. The van der Waals surface area contributed by atoms with Crippen LogP contribution < -0.4 is 10.1 Å². The number of aliphatic hydroxyl groups is 1. The number of benzene rings is 1. The summed E-state index contributed by atoms with van der Waals surface area (Å²) in [7, 11) is 0. The van der Waals surface area contributed by atoms with Crippen LogP contribution in [0.1, 0.15) is 6.92 Å². The highest BCUT2D eigenvalue weighted by Gasteiger charge is 2.17. The first kappa shape index (κ1) is 14.3. The van der Waals surface area contributed by atoms with Crippen molar-refractivity contribution < 1.29 is 19.2 Å². The lowest BCUT2D eigenvalue weighted by molar-refractivity contribution is -0.386. The van der Waals surface area contributed by atoms with Crippen molar-refractivity contribution in [1.82, 2.24) is 5.32 Å². The van der Waals surface area contributed by atoms with Crippen LogP contribution in [0.5, 0.6) is 5.75 Å². The highest BCUT2D eigenvalue weighted by Crippen LogP contribution is 2.27. The number of likely N-dealkylation sites (N-methyl/N-ethyl adjacent to an activating group) is 1. The van der Waals surface area contributed by atoms with E-state index in [9.17, 15) is 19.6 Å². The van der Waals surface area contributed by atoms with Crippen molar-refractivity contribution in [3.63, 3.8) is 0 Å². The van der Waals surface area contributed by atoms with Crippen LogP contribution in [0, 0.1) is 15.9 Å². The van der Waals surface area contributed by atoms with Gasteiger partial charge in [-0.15, -0.1) is 0 Å². The van der Waals surface area contributed by atoms with Crippen LogP contribution in [0.2, 0.25) is 0 Å². The number of hydrogen-bond acceptors (Lipinski definition) is 5. The van der Waals surface area contributed by atoms with E-state index in [1.807, 2.05) is 6.92 Å². The number of hydrogen-bond donors (Lipinski definition) is 2. The van der Waals surface area contributed by atoms with E-state index in [2.05, 4.69) is 5.32 Å². The lowest BCUT2D eigenvalue weighted by Crippen LogP contribution is -2.31. The van der Waals surface area contributed by atoms with Crippen molar-refractivity contribution in [2.45, 2.75) is 13.0 Å². The molecule has 0 fully saturated rings. The second-order valence-electron chi connectivity index (χ2n) is 3.64. The number of halogens is 1. The Balaban J connectivity index is 2.64. The zero-order chi connectivity index (χ0) is 13.5. The van der Waals surface area contributed by atoms with Gasteiger partial charge in [0.1, 0.15) is 18.5 Å². The summed E-state index contributed by atoms with van der Waals surface area (Å²) in [6, 6.07) is 3.03. The molecule has 0 aliphatic rings. The third-order valence-corrected chi connectivity index (χ3v) is 2.18. The maximum Gasteiger partial charge on any atom is 0.313 e. The molecule has 7 heteroatoms. The van der Waals surface area contributed by atoms with Crippen molar-refractivity contribution in [3.05, 3.63) is 34.1 Å². The van der Waals surface area contributed by atoms with E-state index in [0.717, 1.165) is 12.1 Å². The molecular weight excluding hydrogens is 243 g/mol. The molecule has 0 aliphatic carbocycles. The van der Waals surface area contributed by atoms with Crippen LogP contribution in [0.15, 0.2) is 18.2 Å². The zero-order valence-electron chi connectivity index (χ0n) is 9.93. The van der Waals surface area contributed by atoms with E-state index >= 15 is 0 Å². The summed E-state index contributed by atoms with van der Waals surface area (Å²) >= 11 is 0. The van der Waals surface area contributed by atoms with Crippen LogP contribution >= 0.6 is 0 Å². The third-order valence-electron chi connectivity index (χ3n) is 2.18. The fraction of sp³-hybridized carbons (Fsp3) is 0.455. The molecule has 0 amide bonds. The Bertz CT molecular complexity index is 414. The summed E-state index contributed by atoms with van der Waals surface area (Å²) in [5.74, 6) is -0.765. The normalized spacial score (nSPS) is 12.2. The van der Waals surface area contributed by atoms with E-state index < -0.39 is 22.5 Å². The average molecular weight is 258 g/mol. The molecule has 0 saturated carbocycles. The quantitative estimate of drug-likeness (QED) is 0.564. The van der Waals surface area contributed by atoms with Gasteiger partial charge in [-0.3, -0.25) is 10.1 Å². The Labute approximate surface area is 104 Å². The van der Waals surface area contributed by atoms with Crippen molar-refractivity contribution >= 4 is 5.69 Å². The molecular formula is C11H15FN2O4. The van der Waals surface area contributed by atoms with Gasteiger partial charge in [-0.2, -0.15) is 0 Å². The van der Waals surface area contributed by atoms with Gasteiger partial charge in [-0.05, 0) is 18.7 Å². The van der Waals surface area contributed by atoms with Crippen molar-refractivity contribution in [2.75, 3.05) is 19.7 Å². The van der Waals surface area contributed by atoms with Gasteiger partial charge in [0.25, 0.3) is 0 Å². The second-order valence-corrected chi connectivity index (χ2v) is 3.64. The third kappa shape index (κ3) is 4.27. The smallest absolute Gasteiger partial charge is 0.313 e. The summed E-state index contributed by atoms with van der Waals surface area (Å²) in [6.07, 6.45) is -0.783. The van der Waals surface area contributed by atoms with Crippen LogP contribution in [0.3, 0.4) is 0 Å². The number of aliphatic hydroxyl groups excluding tert-OH is 1. The first-order valence-corrected chi connectivity index (χ1v) is 5.50. The van der Waals surface area contributed by atoms with Crippen molar-refractivity contribution in [3.8, 4) is 5.75 Å². The predicted molar refractivity (Wildman–Crippen MR) is 63.1 cm³/mol. The SMILES string of the molecule is CCNCC(O)COc1ccc(F)cc1[N+](=O)[O-]. The Kier molecular flexibility index (Phi) is 5.47. The van der Waals surface area contributed by atoms with Crippen LogP contribution in [0.4, 0.5) is 10.1 Å². The van der Waals surface area contributed by atoms with E-state index in [1.54, 1.807) is 0 Å². The van der Waals surface area contributed by atoms with Crippen LogP contribution in [-0.2, 0) is 0 Å². The summed E-state index contributed by atoms with van der Waals surface area (Å²) < 4.78 is 18.0. The molecule has 1 atom stereocenters. The van der Waals surface area contributed by atoms with E-state index in [1.165, 1.54) is 6.07 Å². The lowest BCUT2D eigenvalue weighted by Gasteiger charge is -2.12. The summed E-state index contributed by atoms with van der Waals surface area (Å²) in [5, 5.41) is 23.1. The van der Waals surface area contributed by atoms with Crippen LogP contribution in [-0.4, -0.2) is 35.8 Å². The maximum atomic E-state index is 12.9. The highest BCUT2D eigenvalue weighted by molar-refractivity contribution is 5.46. The number of nitro benzene ring substituents is 1. The summed E-state index contributed by atoms with van der Waals surface area (Å²) in [6.45, 7) is 2.82. The van der Waals surface area contributed by atoms with Gasteiger partial charge in [0.15, 0.2) is 5.75 Å². The lowest BCUT2D eigenvalue weighted by atomic mass is 10.3.